The van der Waals surface area contributed by atoms with E-state index in [1.165, 1.54) is 0 Å². The molecule has 0 aliphatic carbocycles. The lowest BCUT2D eigenvalue weighted by Gasteiger charge is -2.33. The van der Waals surface area contributed by atoms with Crippen molar-refractivity contribution < 1.29 is 27.5 Å². The standard InChI is InChI=1S/C20H29NO6S/c1-5-16(4)21(17-6-7-28(24,25)13-17)19(22)11-27-20(23)12-26-18-9-14(2)8-15(3)10-18/h8-10,16-17H,5-7,11-13H2,1-4H3/t16-,17+/m1/s1. The monoisotopic (exact) mass is 411 g/mol. The van der Waals surface area contributed by atoms with Gasteiger partial charge in [0.05, 0.1) is 11.5 Å². The Balaban J connectivity index is 1.89. The lowest BCUT2D eigenvalue weighted by molar-refractivity contribution is -0.155. The molecule has 0 radical (unpaired) electrons. The van der Waals surface area contributed by atoms with Crippen LogP contribution in [0.4, 0.5) is 0 Å². The Bertz CT molecular complexity index is 800. The van der Waals surface area contributed by atoms with E-state index < -0.39 is 22.4 Å². The van der Waals surface area contributed by atoms with E-state index in [4.69, 9.17) is 9.47 Å². The number of carbonyl (C=O) groups is 2. The van der Waals surface area contributed by atoms with Crippen molar-refractivity contribution in [3.63, 3.8) is 0 Å². The molecule has 0 N–H and O–H groups in total. The molecule has 1 fully saturated rings. The van der Waals surface area contributed by atoms with Gasteiger partial charge in [-0.25, -0.2) is 13.2 Å². The van der Waals surface area contributed by atoms with Crippen molar-refractivity contribution in [1.29, 1.82) is 0 Å². The van der Waals surface area contributed by atoms with Crippen LogP contribution in [-0.4, -0.2) is 62.0 Å². The Morgan fingerprint density at radius 1 is 1.18 bits per heavy atom. The lowest BCUT2D eigenvalue weighted by Crippen LogP contribution is -2.48. The molecule has 1 aromatic rings. The third kappa shape index (κ3) is 6.22. The number of hydrogen-bond acceptors (Lipinski definition) is 6. The first-order valence-electron chi connectivity index (χ1n) is 9.49. The molecule has 156 valence electrons. The summed E-state index contributed by atoms with van der Waals surface area (Å²) in [4.78, 5) is 26.1. The van der Waals surface area contributed by atoms with Crippen LogP contribution in [0.3, 0.4) is 0 Å². The molecule has 1 amide bonds. The fourth-order valence-electron chi connectivity index (χ4n) is 3.42. The number of amides is 1. The summed E-state index contributed by atoms with van der Waals surface area (Å²) in [5, 5.41) is 0. The molecule has 7 nitrogen and oxygen atoms in total. The van der Waals surface area contributed by atoms with Gasteiger partial charge in [0.2, 0.25) is 0 Å². The van der Waals surface area contributed by atoms with Gasteiger partial charge in [-0.05, 0) is 56.9 Å². The van der Waals surface area contributed by atoms with E-state index in [-0.39, 0.29) is 36.1 Å². The number of esters is 1. The van der Waals surface area contributed by atoms with Crippen molar-refractivity contribution in [3.05, 3.63) is 29.3 Å². The number of rotatable bonds is 8. The summed E-state index contributed by atoms with van der Waals surface area (Å²) in [5.41, 5.74) is 2.04. The third-order valence-corrected chi connectivity index (χ3v) is 6.61. The maximum Gasteiger partial charge on any atom is 0.344 e. The molecule has 0 aromatic heterocycles. The number of sulfone groups is 1. The quantitative estimate of drug-likeness (QED) is 0.608. The molecule has 1 aliphatic heterocycles. The van der Waals surface area contributed by atoms with Crippen molar-refractivity contribution in [1.82, 2.24) is 4.90 Å². The van der Waals surface area contributed by atoms with Crippen LogP contribution >= 0.6 is 0 Å². The van der Waals surface area contributed by atoms with Crippen LogP contribution in [0.5, 0.6) is 5.75 Å². The predicted octanol–water partition coefficient (Wildman–Crippen LogP) is 2.04. The molecule has 1 aromatic carbocycles. The van der Waals surface area contributed by atoms with Crippen LogP contribution in [0.15, 0.2) is 18.2 Å². The highest BCUT2D eigenvalue weighted by Crippen LogP contribution is 2.21. The van der Waals surface area contributed by atoms with E-state index >= 15 is 0 Å². The molecule has 2 atom stereocenters. The second-order valence-corrected chi connectivity index (χ2v) is 9.62. The van der Waals surface area contributed by atoms with Crippen LogP contribution < -0.4 is 4.74 Å². The molecule has 0 spiro atoms. The van der Waals surface area contributed by atoms with Crippen LogP contribution in [0.2, 0.25) is 0 Å². The summed E-state index contributed by atoms with van der Waals surface area (Å²) in [5.74, 6) is -0.404. The van der Waals surface area contributed by atoms with Crippen molar-refractivity contribution in [3.8, 4) is 5.75 Å². The van der Waals surface area contributed by atoms with Gasteiger partial charge in [-0.15, -0.1) is 0 Å². The minimum absolute atomic E-state index is 0.0349. The molecule has 0 unspecified atom stereocenters. The Morgan fingerprint density at radius 3 is 2.36 bits per heavy atom. The highest BCUT2D eigenvalue weighted by Gasteiger charge is 2.36. The average Bonchev–Trinajstić information content (AvgIpc) is 2.96. The number of hydrogen-bond donors (Lipinski definition) is 0. The van der Waals surface area contributed by atoms with Crippen LogP contribution in [-0.2, 0) is 24.2 Å². The summed E-state index contributed by atoms with van der Waals surface area (Å²) >= 11 is 0. The van der Waals surface area contributed by atoms with Crippen molar-refractivity contribution in [2.45, 2.75) is 52.6 Å². The van der Waals surface area contributed by atoms with Gasteiger partial charge in [0.1, 0.15) is 5.75 Å². The van der Waals surface area contributed by atoms with Crippen LogP contribution in [0, 0.1) is 13.8 Å². The first-order valence-corrected chi connectivity index (χ1v) is 11.3. The van der Waals surface area contributed by atoms with E-state index in [9.17, 15) is 18.0 Å². The van der Waals surface area contributed by atoms with Crippen molar-refractivity contribution in [2.24, 2.45) is 0 Å². The van der Waals surface area contributed by atoms with Gasteiger partial charge in [-0.3, -0.25) is 4.79 Å². The maximum atomic E-state index is 12.6. The van der Waals surface area contributed by atoms with Gasteiger partial charge in [0, 0.05) is 12.1 Å². The fraction of sp³-hybridized carbons (Fsp3) is 0.600. The minimum atomic E-state index is -3.12. The molecular weight excluding hydrogens is 382 g/mol. The second kappa shape index (κ2) is 9.41. The topological polar surface area (TPSA) is 90.0 Å². The molecule has 0 bridgehead atoms. The Labute approximate surface area is 166 Å². The van der Waals surface area contributed by atoms with Gasteiger partial charge in [0.25, 0.3) is 5.91 Å². The van der Waals surface area contributed by atoms with Gasteiger partial charge in [0.15, 0.2) is 23.1 Å². The summed E-state index contributed by atoms with van der Waals surface area (Å²) in [6.45, 7) is 6.95. The second-order valence-electron chi connectivity index (χ2n) is 7.39. The Hall–Kier alpha value is -2.09. The average molecular weight is 412 g/mol. The third-order valence-electron chi connectivity index (χ3n) is 4.86. The molecule has 2 rings (SSSR count). The first kappa shape index (κ1) is 22.2. The fourth-order valence-corrected chi connectivity index (χ4v) is 5.13. The minimum Gasteiger partial charge on any atom is -0.482 e. The number of nitrogens with zero attached hydrogens (tertiary/aromatic N) is 1. The zero-order valence-electron chi connectivity index (χ0n) is 16.9. The van der Waals surface area contributed by atoms with E-state index in [1.807, 2.05) is 45.9 Å². The number of benzene rings is 1. The summed E-state index contributed by atoms with van der Waals surface area (Å²) in [7, 11) is -3.12. The van der Waals surface area contributed by atoms with E-state index in [2.05, 4.69) is 0 Å². The van der Waals surface area contributed by atoms with Crippen LogP contribution in [0.25, 0.3) is 0 Å². The molecule has 0 saturated carbocycles. The van der Waals surface area contributed by atoms with Crippen LogP contribution in [0.1, 0.15) is 37.8 Å². The number of aryl methyl sites for hydroxylation is 2. The summed E-state index contributed by atoms with van der Waals surface area (Å²) in [6.07, 6.45) is 1.11. The molecule has 1 heterocycles. The van der Waals surface area contributed by atoms with E-state index in [0.717, 1.165) is 11.1 Å². The zero-order chi connectivity index (χ0) is 20.9. The highest BCUT2D eigenvalue weighted by atomic mass is 32.2. The predicted molar refractivity (Wildman–Crippen MR) is 106 cm³/mol. The van der Waals surface area contributed by atoms with Crippen molar-refractivity contribution >= 4 is 21.7 Å². The normalized spacial score (nSPS) is 19.1. The smallest absolute Gasteiger partial charge is 0.344 e. The van der Waals surface area contributed by atoms with E-state index in [1.54, 1.807) is 4.90 Å². The number of carbonyl (C=O) groups excluding carboxylic acids is 2. The molecule has 1 aliphatic rings. The molecule has 8 heteroatoms. The number of ether oxygens (including phenoxy) is 2. The zero-order valence-corrected chi connectivity index (χ0v) is 17.8. The Kier molecular flexibility index (Phi) is 7.46. The first-order chi connectivity index (χ1) is 13.1. The Morgan fingerprint density at radius 2 is 1.82 bits per heavy atom. The van der Waals surface area contributed by atoms with Gasteiger partial charge in [-0.2, -0.15) is 0 Å². The SMILES string of the molecule is CC[C@@H](C)N(C(=O)COC(=O)COc1cc(C)cc(C)c1)[C@H]1CCS(=O)(=O)C1. The van der Waals surface area contributed by atoms with Gasteiger partial charge in [-0.1, -0.05) is 13.0 Å². The van der Waals surface area contributed by atoms with Gasteiger partial charge < -0.3 is 14.4 Å². The molecular formula is C20H29NO6S. The van der Waals surface area contributed by atoms with E-state index in [0.29, 0.717) is 18.6 Å². The summed E-state index contributed by atoms with van der Waals surface area (Å²) in [6, 6.07) is 5.14. The largest absolute Gasteiger partial charge is 0.482 e. The molecule has 28 heavy (non-hydrogen) atoms. The van der Waals surface area contributed by atoms with Crippen molar-refractivity contribution in [2.75, 3.05) is 24.7 Å². The summed E-state index contributed by atoms with van der Waals surface area (Å²) < 4.78 is 34.1. The maximum absolute atomic E-state index is 12.6. The lowest BCUT2D eigenvalue weighted by atomic mass is 10.1. The van der Waals surface area contributed by atoms with Gasteiger partial charge >= 0.3 is 5.97 Å². The molecule has 1 saturated heterocycles. The highest BCUT2D eigenvalue weighted by molar-refractivity contribution is 7.91.